The van der Waals surface area contributed by atoms with Crippen molar-refractivity contribution < 1.29 is 13.2 Å². The minimum atomic E-state index is -3.67. The Kier molecular flexibility index (Phi) is 7.97. The third-order valence-corrected chi connectivity index (χ3v) is 6.06. The molecule has 0 aliphatic carbocycles. The molecule has 0 saturated carbocycles. The first-order chi connectivity index (χ1) is 13.8. The van der Waals surface area contributed by atoms with E-state index in [4.69, 9.17) is 6.42 Å². The average molecular weight is 414 g/mol. The molecule has 2 N–H and O–H groups in total. The van der Waals surface area contributed by atoms with Gasteiger partial charge in [-0.05, 0) is 55.9 Å². The van der Waals surface area contributed by atoms with Crippen LogP contribution in [-0.4, -0.2) is 46.4 Å². The molecule has 0 aromatic heterocycles. The monoisotopic (exact) mass is 413 g/mol. The van der Waals surface area contributed by atoms with Gasteiger partial charge in [-0.15, -0.1) is 6.42 Å². The van der Waals surface area contributed by atoms with Crippen molar-refractivity contribution in [2.45, 2.75) is 24.3 Å². The van der Waals surface area contributed by atoms with Gasteiger partial charge >= 0.3 is 0 Å². The van der Waals surface area contributed by atoms with Crippen molar-refractivity contribution in [1.82, 2.24) is 14.9 Å². The SMILES string of the molecule is C#CCNS(=O)(=O)c1ccc(C(=O)NCC(c2ccc(CC)cc2)N(C)C)cc1. The summed E-state index contributed by atoms with van der Waals surface area (Å²) in [6.45, 7) is 2.46. The van der Waals surface area contributed by atoms with E-state index in [-0.39, 0.29) is 23.4 Å². The highest BCUT2D eigenvalue weighted by atomic mass is 32.2. The summed E-state index contributed by atoms with van der Waals surface area (Å²) in [6.07, 6.45) is 6.06. The predicted molar refractivity (Wildman–Crippen MR) is 115 cm³/mol. The molecule has 2 aromatic carbocycles. The van der Waals surface area contributed by atoms with Crippen LogP contribution in [0, 0.1) is 12.3 Å². The fourth-order valence-corrected chi connectivity index (χ4v) is 3.81. The summed E-state index contributed by atoms with van der Waals surface area (Å²) >= 11 is 0. The number of nitrogens with one attached hydrogen (secondary N) is 2. The van der Waals surface area contributed by atoms with Gasteiger partial charge in [-0.2, -0.15) is 4.72 Å². The summed E-state index contributed by atoms with van der Waals surface area (Å²) < 4.78 is 26.4. The molecule has 154 valence electrons. The number of rotatable bonds is 9. The van der Waals surface area contributed by atoms with E-state index in [0.29, 0.717) is 12.1 Å². The van der Waals surface area contributed by atoms with Gasteiger partial charge in [-0.25, -0.2) is 8.42 Å². The van der Waals surface area contributed by atoms with Gasteiger partial charge in [0.25, 0.3) is 5.91 Å². The highest BCUT2D eigenvalue weighted by molar-refractivity contribution is 7.89. The van der Waals surface area contributed by atoms with Crippen molar-refractivity contribution >= 4 is 15.9 Å². The number of hydrogen-bond acceptors (Lipinski definition) is 4. The molecule has 0 aliphatic rings. The zero-order valence-electron chi connectivity index (χ0n) is 17.0. The van der Waals surface area contributed by atoms with Crippen LogP contribution in [0.4, 0.5) is 0 Å². The normalized spacial score (nSPS) is 12.4. The fraction of sp³-hybridized carbons (Fsp3) is 0.318. The van der Waals surface area contributed by atoms with E-state index in [9.17, 15) is 13.2 Å². The number of terminal acetylenes is 1. The van der Waals surface area contributed by atoms with E-state index in [1.807, 2.05) is 19.0 Å². The van der Waals surface area contributed by atoms with Crippen LogP contribution in [0.2, 0.25) is 0 Å². The molecule has 7 heteroatoms. The second-order valence-electron chi connectivity index (χ2n) is 6.84. The van der Waals surface area contributed by atoms with Gasteiger partial charge in [-0.3, -0.25) is 4.79 Å². The second-order valence-corrected chi connectivity index (χ2v) is 8.60. The molecular formula is C22H27N3O3S. The first-order valence-electron chi connectivity index (χ1n) is 9.35. The summed E-state index contributed by atoms with van der Waals surface area (Å²) in [7, 11) is 0.257. The number of nitrogens with zero attached hydrogens (tertiary/aromatic N) is 1. The summed E-state index contributed by atoms with van der Waals surface area (Å²) in [4.78, 5) is 14.6. The quantitative estimate of drug-likeness (QED) is 0.618. The van der Waals surface area contributed by atoms with E-state index in [1.165, 1.54) is 29.8 Å². The summed E-state index contributed by atoms with van der Waals surface area (Å²) in [6, 6.07) is 14.1. The molecule has 0 heterocycles. The van der Waals surface area contributed by atoms with E-state index in [2.05, 4.69) is 47.1 Å². The van der Waals surface area contributed by atoms with E-state index < -0.39 is 10.0 Å². The minimum Gasteiger partial charge on any atom is -0.350 e. The molecule has 0 saturated heterocycles. The largest absolute Gasteiger partial charge is 0.350 e. The maximum atomic E-state index is 12.5. The fourth-order valence-electron chi connectivity index (χ4n) is 2.87. The van der Waals surface area contributed by atoms with Crippen LogP contribution in [0.25, 0.3) is 0 Å². The number of amides is 1. The Bertz CT molecular complexity index is 960. The maximum absolute atomic E-state index is 12.5. The number of likely N-dealkylation sites (N-methyl/N-ethyl adjacent to an activating group) is 1. The number of carbonyl (C=O) groups is 1. The lowest BCUT2D eigenvalue weighted by atomic mass is 10.0. The molecule has 2 aromatic rings. The molecule has 0 bridgehead atoms. The zero-order chi connectivity index (χ0) is 21.4. The van der Waals surface area contributed by atoms with Crippen LogP contribution in [0.15, 0.2) is 53.4 Å². The summed E-state index contributed by atoms with van der Waals surface area (Å²) in [5, 5.41) is 2.93. The highest BCUT2D eigenvalue weighted by Gasteiger charge is 2.17. The Labute approximate surface area is 173 Å². The first kappa shape index (κ1) is 22.6. The standard InChI is InChI=1S/C22H27N3O3S/c1-5-15-24-29(27,28)20-13-11-19(12-14-20)22(26)23-16-21(25(3)4)18-9-7-17(6-2)8-10-18/h1,7-14,21,24H,6,15-16H2,2-4H3,(H,23,26). The molecule has 6 nitrogen and oxygen atoms in total. The molecule has 1 unspecified atom stereocenters. The van der Waals surface area contributed by atoms with Gasteiger partial charge in [0, 0.05) is 12.1 Å². The van der Waals surface area contributed by atoms with Crippen LogP contribution in [0.3, 0.4) is 0 Å². The maximum Gasteiger partial charge on any atom is 0.251 e. The van der Waals surface area contributed by atoms with Gasteiger partial charge in [0.2, 0.25) is 10.0 Å². The molecule has 2 rings (SSSR count). The van der Waals surface area contributed by atoms with Gasteiger partial charge in [0.1, 0.15) is 0 Å². The predicted octanol–water partition coefficient (Wildman–Crippen LogP) is 2.19. The third kappa shape index (κ3) is 6.16. The highest BCUT2D eigenvalue weighted by Crippen LogP contribution is 2.19. The van der Waals surface area contributed by atoms with Crippen molar-refractivity contribution in [1.29, 1.82) is 0 Å². The van der Waals surface area contributed by atoms with Gasteiger partial charge < -0.3 is 10.2 Å². The Morgan fingerprint density at radius 2 is 1.72 bits per heavy atom. The van der Waals surface area contributed by atoms with Gasteiger partial charge in [0.15, 0.2) is 0 Å². The zero-order valence-corrected chi connectivity index (χ0v) is 17.8. The average Bonchev–Trinajstić information content (AvgIpc) is 2.72. The Hall–Kier alpha value is -2.66. The van der Waals surface area contributed by atoms with Crippen molar-refractivity contribution in [3.63, 3.8) is 0 Å². The summed E-state index contributed by atoms with van der Waals surface area (Å²) in [5.74, 6) is 1.96. The van der Waals surface area contributed by atoms with Crippen molar-refractivity contribution in [2.75, 3.05) is 27.2 Å². The number of benzene rings is 2. The topological polar surface area (TPSA) is 78.5 Å². The Morgan fingerprint density at radius 1 is 1.10 bits per heavy atom. The van der Waals surface area contributed by atoms with E-state index in [1.54, 1.807) is 0 Å². The molecule has 0 radical (unpaired) electrons. The Balaban J connectivity index is 2.05. The molecular weight excluding hydrogens is 386 g/mol. The lowest BCUT2D eigenvalue weighted by Gasteiger charge is -2.25. The smallest absolute Gasteiger partial charge is 0.251 e. The molecule has 0 spiro atoms. The number of aryl methyl sites for hydroxylation is 1. The number of carbonyl (C=O) groups excluding carboxylic acids is 1. The first-order valence-corrected chi connectivity index (χ1v) is 10.8. The molecule has 0 aliphatic heterocycles. The number of sulfonamides is 1. The Morgan fingerprint density at radius 3 is 2.24 bits per heavy atom. The second kappa shape index (κ2) is 10.2. The molecule has 29 heavy (non-hydrogen) atoms. The van der Waals surface area contributed by atoms with Crippen LogP contribution in [0.5, 0.6) is 0 Å². The van der Waals surface area contributed by atoms with Crippen molar-refractivity contribution in [2.24, 2.45) is 0 Å². The number of hydrogen-bond donors (Lipinski definition) is 2. The summed E-state index contributed by atoms with van der Waals surface area (Å²) in [5.41, 5.74) is 2.77. The van der Waals surface area contributed by atoms with E-state index >= 15 is 0 Å². The van der Waals surface area contributed by atoms with E-state index in [0.717, 1.165) is 12.0 Å². The van der Waals surface area contributed by atoms with Crippen LogP contribution >= 0.6 is 0 Å². The molecule has 1 amide bonds. The van der Waals surface area contributed by atoms with Crippen molar-refractivity contribution in [3.8, 4) is 12.3 Å². The molecule has 0 fully saturated rings. The third-order valence-electron chi connectivity index (χ3n) is 4.64. The minimum absolute atomic E-state index is 0.0254. The molecule has 1 atom stereocenters. The van der Waals surface area contributed by atoms with Crippen molar-refractivity contribution in [3.05, 3.63) is 65.2 Å². The van der Waals surface area contributed by atoms with Crippen LogP contribution in [-0.2, 0) is 16.4 Å². The lowest BCUT2D eigenvalue weighted by Crippen LogP contribution is -2.34. The van der Waals surface area contributed by atoms with Gasteiger partial charge in [0.05, 0.1) is 17.5 Å². The lowest BCUT2D eigenvalue weighted by molar-refractivity contribution is 0.0942. The van der Waals surface area contributed by atoms with Crippen LogP contribution < -0.4 is 10.0 Å². The van der Waals surface area contributed by atoms with Crippen LogP contribution in [0.1, 0.15) is 34.5 Å². The van der Waals surface area contributed by atoms with Gasteiger partial charge in [-0.1, -0.05) is 37.1 Å².